The number of nitrogens with zero attached hydrogens (tertiary/aromatic N) is 1. The average molecular weight is 435 g/mol. The van der Waals surface area contributed by atoms with Gasteiger partial charge in [0.05, 0.1) is 31.6 Å². The minimum absolute atomic E-state index is 0.0247. The number of thioether (sulfide) groups is 1. The van der Waals surface area contributed by atoms with E-state index >= 15 is 0 Å². The van der Waals surface area contributed by atoms with Crippen LogP contribution in [0.3, 0.4) is 0 Å². The molecule has 0 aromatic heterocycles. The monoisotopic (exact) mass is 434 g/mol. The van der Waals surface area contributed by atoms with Gasteiger partial charge >= 0.3 is 0 Å². The maximum atomic E-state index is 12.7. The molecule has 1 aliphatic heterocycles. The van der Waals surface area contributed by atoms with E-state index in [1.165, 1.54) is 11.8 Å². The Kier molecular flexibility index (Phi) is 8.24. The highest BCUT2D eigenvalue weighted by Gasteiger charge is 2.24. The van der Waals surface area contributed by atoms with Crippen molar-refractivity contribution in [1.29, 1.82) is 0 Å². The standard InChI is InChI=1S/C22H27ClN2O3S/c1-16(29-20-9-5-18(23)6-10-20)22(26)24-15-21(25-11-13-28-14-12-25)17-3-7-19(27-2)8-4-17/h3-10,16,21H,11-15H2,1-2H3,(H,24,26). The molecule has 5 nitrogen and oxygen atoms in total. The number of halogens is 1. The molecule has 2 aromatic rings. The van der Waals surface area contributed by atoms with Crippen molar-refractivity contribution in [2.45, 2.75) is 23.1 Å². The van der Waals surface area contributed by atoms with E-state index in [9.17, 15) is 4.79 Å². The van der Waals surface area contributed by atoms with Gasteiger partial charge in [-0.1, -0.05) is 23.7 Å². The first-order valence-electron chi connectivity index (χ1n) is 9.72. The van der Waals surface area contributed by atoms with Crippen molar-refractivity contribution < 1.29 is 14.3 Å². The molecular formula is C22H27ClN2O3S. The van der Waals surface area contributed by atoms with Gasteiger partial charge in [0.1, 0.15) is 5.75 Å². The molecule has 7 heteroatoms. The average Bonchev–Trinajstić information content (AvgIpc) is 2.76. The van der Waals surface area contributed by atoms with Crippen LogP contribution >= 0.6 is 23.4 Å². The van der Waals surface area contributed by atoms with E-state index in [1.54, 1.807) is 7.11 Å². The highest BCUT2D eigenvalue weighted by Crippen LogP contribution is 2.26. The molecular weight excluding hydrogens is 408 g/mol. The number of nitrogens with one attached hydrogen (secondary N) is 1. The van der Waals surface area contributed by atoms with Gasteiger partial charge in [0, 0.05) is 29.6 Å². The van der Waals surface area contributed by atoms with E-state index in [2.05, 4.69) is 22.3 Å². The lowest BCUT2D eigenvalue weighted by atomic mass is 10.0. The van der Waals surface area contributed by atoms with Crippen LogP contribution in [0, 0.1) is 0 Å². The van der Waals surface area contributed by atoms with Crippen molar-refractivity contribution in [3.05, 3.63) is 59.1 Å². The van der Waals surface area contributed by atoms with E-state index in [4.69, 9.17) is 21.1 Å². The summed E-state index contributed by atoms with van der Waals surface area (Å²) in [5, 5.41) is 3.64. The lowest BCUT2D eigenvalue weighted by Gasteiger charge is -2.35. The summed E-state index contributed by atoms with van der Waals surface area (Å²) in [6.07, 6.45) is 0. The fourth-order valence-corrected chi connectivity index (χ4v) is 4.30. The first-order valence-corrected chi connectivity index (χ1v) is 11.0. The van der Waals surface area contributed by atoms with Crippen molar-refractivity contribution in [2.24, 2.45) is 0 Å². The van der Waals surface area contributed by atoms with Crippen molar-refractivity contribution in [2.75, 3.05) is 40.0 Å². The van der Waals surface area contributed by atoms with Crippen LogP contribution in [0.5, 0.6) is 5.75 Å². The van der Waals surface area contributed by atoms with Gasteiger partial charge in [-0.15, -0.1) is 11.8 Å². The second-order valence-corrected chi connectivity index (χ2v) is 8.75. The highest BCUT2D eigenvalue weighted by atomic mass is 35.5. The van der Waals surface area contributed by atoms with Crippen molar-refractivity contribution in [3.63, 3.8) is 0 Å². The minimum atomic E-state index is -0.197. The number of amides is 1. The molecule has 1 amide bonds. The van der Waals surface area contributed by atoms with Crippen LogP contribution < -0.4 is 10.1 Å². The molecule has 1 N–H and O–H groups in total. The Labute approximate surface area is 181 Å². The Morgan fingerprint density at radius 2 is 1.83 bits per heavy atom. The second-order valence-electron chi connectivity index (χ2n) is 6.90. The van der Waals surface area contributed by atoms with Crippen LogP contribution in [0.4, 0.5) is 0 Å². The first-order chi connectivity index (χ1) is 14.1. The summed E-state index contributed by atoms with van der Waals surface area (Å²) in [6, 6.07) is 15.7. The highest BCUT2D eigenvalue weighted by molar-refractivity contribution is 8.00. The van der Waals surface area contributed by atoms with Crippen molar-refractivity contribution >= 4 is 29.3 Å². The van der Waals surface area contributed by atoms with Crippen LogP contribution in [0.2, 0.25) is 5.02 Å². The first kappa shape index (κ1) is 22.0. The molecule has 2 unspecified atom stereocenters. The third-order valence-corrected chi connectivity index (χ3v) is 6.32. The zero-order chi connectivity index (χ0) is 20.6. The summed E-state index contributed by atoms with van der Waals surface area (Å²) in [4.78, 5) is 16.1. The summed E-state index contributed by atoms with van der Waals surface area (Å²) in [5.74, 6) is 0.850. The summed E-state index contributed by atoms with van der Waals surface area (Å²) in [7, 11) is 1.66. The maximum Gasteiger partial charge on any atom is 0.233 e. The number of morpholine rings is 1. The van der Waals surface area contributed by atoms with Gasteiger partial charge in [-0.05, 0) is 48.9 Å². The topological polar surface area (TPSA) is 50.8 Å². The number of ether oxygens (including phenoxy) is 2. The number of benzene rings is 2. The van der Waals surface area contributed by atoms with E-state index in [1.807, 2.05) is 43.3 Å². The summed E-state index contributed by atoms with van der Waals surface area (Å²) in [6.45, 7) is 5.60. The van der Waals surface area contributed by atoms with Crippen molar-refractivity contribution in [1.82, 2.24) is 10.2 Å². The summed E-state index contributed by atoms with van der Waals surface area (Å²) >= 11 is 7.46. The number of hydrogen-bond acceptors (Lipinski definition) is 5. The number of carbonyl (C=O) groups is 1. The van der Waals surface area contributed by atoms with E-state index in [0.717, 1.165) is 29.3 Å². The molecule has 3 rings (SSSR count). The lowest BCUT2D eigenvalue weighted by molar-refractivity contribution is -0.120. The lowest BCUT2D eigenvalue weighted by Crippen LogP contribution is -2.44. The molecule has 2 aromatic carbocycles. The van der Waals surface area contributed by atoms with Gasteiger partial charge < -0.3 is 14.8 Å². The van der Waals surface area contributed by atoms with Gasteiger partial charge in [-0.25, -0.2) is 0 Å². The van der Waals surface area contributed by atoms with Crippen LogP contribution in [-0.4, -0.2) is 56.0 Å². The summed E-state index contributed by atoms with van der Waals surface area (Å²) < 4.78 is 10.8. The Bertz CT molecular complexity index is 780. The molecule has 0 saturated carbocycles. The van der Waals surface area contributed by atoms with Gasteiger partial charge in [0.25, 0.3) is 0 Å². The molecule has 156 valence electrons. The van der Waals surface area contributed by atoms with Crippen LogP contribution in [0.1, 0.15) is 18.5 Å². The Morgan fingerprint density at radius 1 is 1.17 bits per heavy atom. The quantitative estimate of drug-likeness (QED) is 0.636. The van der Waals surface area contributed by atoms with Crippen LogP contribution in [-0.2, 0) is 9.53 Å². The molecule has 29 heavy (non-hydrogen) atoms. The molecule has 0 radical (unpaired) electrons. The smallest absolute Gasteiger partial charge is 0.233 e. The fraction of sp³-hybridized carbons (Fsp3) is 0.409. The van der Waals surface area contributed by atoms with E-state index in [0.29, 0.717) is 24.8 Å². The summed E-state index contributed by atoms with van der Waals surface area (Å²) in [5.41, 5.74) is 1.16. The van der Waals surface area contributed by atoms with Crippen LogP contribution in [0.25, 0.3) is 0 Å². The molecule has 0 aliphatic carbocycles. The Hall–Kier alpha value is -1.73. The van der Waals surface area contributed by atoms with E-state index < -0.39 is 0 Å². The third kappa shape index (κ3) is 6.37. The molecule has 0 bridgehead atoms. The number of rotatable bonds is 8. The number of methoxy groups -OCH3 is 1. The Morgan fingerprint density at radius 3 is 2.45 bits per heavy atom. The van der Waals surface area contributed by atoms with Crippen molar-refractivity contribution in [3.8, 4) is 5.75 Å². The molecule has 0 spiro atoms. The molecule has 1 saturated heterocycles. The van der Waals surface area contributed by atoms with Gasteiger partial charge in [0.2, 0.25) is 5.91 Å². The zero-order valence-electron chi connectivity index (χ0n) is 16.8. The molecule has 1 fully saturated rings. The zero-order valence-corrected chi connectivity index (χ0v) is 18.3. The van der Waals surface area contributed by atoms with Gasteiger partial charge in [-0.3, -0.25) is 9.69 Å². The predicted molar refractivity (Wildman–Crippen MR) is 118 cm³/mol. The largest absolute Gasteiger partial charge is 0.497 e. The van der Waals surface area contributed by atoms with E-state index in [-0.39, 0.29) is 17.2 Å². The molecule has 1 aliphatic rings. The SMILES string of the molecule is COc1ccc(C(CNC(=O)C(C)Sc2ccc(Cl)cc2)N2CCOCC2)cc1. The van der Waals surface area contributed by atoms with Crippen LogP contribution in [0.15, 0.2) is 53.4 Å². The third-order valence-electron chi connectivity index (χ3n) is 4.95. The fourth-order valence-electron chi connectivity index (χ4n) is 3.28. The molecule has 1 heterocycles. The number of carbonyl (C=O) groups excluding carboxylic acids is 1. The molecule has 2 atom stereocenters. The minimum Gasteiger partial charge on any atom is -0.497 e. The number of hydrogen-bond donors (Lipinski definition) is 1. The van der Waals surface area contributed by atoms with Gasteiger partial charge in [-0.2, -0.15) is 0 Å². The maximum absolute atomic E-state index is 12.7. The predicted octanol–water partition coefficient (Wildman–Crippen LogP) is 4.02. The van der Waals surface area contributed by atoms with Gasteiger partial charge in [0.15, 0.2) is 0 Å². The second kappa shape index (κ2) is 10.9. The Balaban J connectivity index is 1.63. The normalized spacial score (nSPS) is 16.8.